The van der Waals surface area contributed by atoms with E-state index in [1.54, 1.807) is 44.2 Å². The van der Waals surface area contributed by atoms with Crippen LogP contribution in [0.1, 0.15) is 36.5 Å². The number of carbonyl (C=O) groups is 2. The average molecular weight is 565 g/mol. The Labute approximate surface area is 239 Å². The summed E-state index contributed by atoms with van der Waals surface area (Å²) in [6.07, 6.45) is 1.19. The highest BCUT2D eigenvalue weighted by atomic mass is 16.6. The molecule has 3 aromatic rings. The summed E-state index contributed by atoms with van der Waals surface area (Å²) in [5.74, 6) is -0.337. The van der Waals surface area contributed by atoms with E-state index in [0.29, 0.717) is 24.5 Å². The standard InChI is InChI=1S/C31H36N2O8/c1-3-39-29(30(34)35)21-25-13-16-26(17-14-25)40-20-19-32(18-8-7-11-24-9-5-4-6-10-24)31(36)41-27-15-12-23(2)28(22-27)33(37)38/h4-6,9-10,12-17,22,29H,3,7-8,11,18-21H2,1-2H3,(H,34,35). The first-order valence-electron chi connectivity index (χ1n) is 13.6. The fourth-order valence-electron chi connectivity index (χ4n) is 4.21. The molecule has 0 radical (unpaired) electrons. The molecule has 218 valence electrons. The van der Waals surface area contributed by atoms with Crippen molar-refractivity contribution in [2.75, 3.05) is 26.3 Å². The first kappa shape index (κ1) is 31.1. The van der Waals surface area contributed by atoms with Crippen LogP contribution >= 0.6 is 0 Å². The Balaban J connectivity index is 1.59. The summed E-state index contributed by atoms with van der Waals surface area (Å²) >= 11 is 0. The molecule has 0 aliphatic carbocycles. The van der Waals surface area contributed by atoms with Gasteiger partial charge < -0.3 is 24.2 Å². The van der Waals surface area contributed by atoms with Gasteiger partial charge >= 0.3 is 12.1 Å². The third kappa shape index (κ3) is 10.2. The Hall–Kier alpha value is -4.44. The minimum absolute atomic E-state index is 0.102. The molecule has 3 aromatic carbocycles. The fourth-order valence-corrected chi connectivity index (χ4v) is 4.21. The molecule has 0 heterocycles. The van der Waals surface area contributed by atoms with Crippen LogP contribution in [0.15, 0.2) is 72.8 Å². The number of aryl methyl sites for hydroxylation is 2. The number of unbranched alkanes of at least 4 members (excludes halogenated alkanes) is 1. The zero-order valence-electron chi connectivity index (χ0n) is 23.4. The van der Waals surface area contributed by atoms with E-state index >= 15 is 0 Å². The third-order valence-corrected chi connectivity index (χ3v) is 6.44. The largest absolute Gasteiger partial charge is 0.492 e. The predicted molar refractivity (Wildman–Crippen MR) is 154 cm³/mol. The van der Waals surface area contributed by atoms with Gasteiger partial charge in [0, 0.05) is 25.1 Å². The molecule has 0 aliphatic heterocycles. The Kier molecular flexibility index (Phi) is 12.1. The fraction of sp³-hybridized carbons (Fsp3) is 0.355. The number of hydrogen-bond donors (Lipinski definition) is 1. The summed E-state index contributed by atoms with van der Waals surface area (Å²) < 4.78 is 16.6. The van der Waals surface area contributed by atoms with Gasteiger partial charge in [-0.15, -0.1) is 0 Å². The Bertz CT molecular complexity index is 1280. The summed E-state index contributed by atoms with van der Waals surface area (Å²) in [5.41, 5.74) is 2.38. The van der Waals surface area contributed by atoms with Gasteiger partial charge in [0.2, 0.25) is 0 Å². The van der Waals surface area contributed by atoms with Crippen LogP contribution in [0.25, 0.3) is 0 Å². The topological polar surface area (TPSA) is 128 Å². The molecular weight excluding hydrogens is 528 g/mol. The SMILES string of the molecule is CCOC(Cc1ccc(OCCN(CCCCc2ccccc2)C(=O)Oc2ccc(C)c([N+](=O)[O-])c2)cc1)C(=O)O. The number of amides is 1. The van der Waals surface area contributed by atoms with Crippen molar-refractivity contribution in [2.24, 2.45) is 0 Å². The van der Waals surface area contributed by atoms with Crippen molar-refractivity contribution in [3.05, 3.63) is 99.6 Å². The van der Waals surface area contributed by atoms with E-state index in [-0.39, 0.29) is 31.0 Å². The summed E-state index contributed by atoms with van der Waals surface area (Å²) in [6.45, 7) is 4.54. The van der Waals surface area contributed by atoms with Gasteiger partial charge in [-0.2, -0.15) is 0 Å². The molecule has 10 heteroatoms. The highest BCUT2D eigenvalue weighted by molar-refractivity contribution is 5.72. The van der Waals surface area contributed by atoms with E-state index < -0.39 is 23.1 Å². The number of aliphatic carboxylic acids is 1. The lowest BCUT2D eigenvalue weighted by Gasteiger charge is -2.22. The second kappa shape index (κ2) is 16.0. The molecule has 0 spiro atoms. The minimum atomic E-state index is -1.01. The maximum absolute atomic E-state index is 13.1. The molecule has 0 aliphatic rings. The van der Waals surface area contributed by atoms with Crippen LogP contribution in [0.5, 0.6) is 11.5 Å². The van der Waals surface area contributed by atoms with Crippen molar-refractivity contribution >= 4 is 17.7 Å². The number of benzene rings is 3. The third-order valence-electron chi connectivity index (χ3n) is 6.44. The van der Waals surface area contributed by atoms with Gasteiger partial charge in [-0.1, -0.05) is 42.5 Å². The van der Waals surface area contributed by atoms with Gasteiger partial charge in [0.05, 0.1) is 17.5 Å². The van der Waals surface area contributed by atoms with E-state index in [1.165, 1.54) is 22.6 Å². The molecule has 0 aromatic heterocycles. The van der Waals surface area contributed by atoms with E-state index in [0.717, 1.165) is 24.8 Å². The van der Waals surface area contributed by atoms with Crippen molar-refractivity contribution in [1.29, 1.82) is 0 Å². The van der Waals surface area contributed by atoms with Crippen molar-refractivity contribution in [3.63, 3.8) is 0 Å². The highest BCUT2D eigenvalue weighted by Gasteiger charge is 2.20. The Morgan fingerprint density at radius 3 is 2.32 bits per heavy atom. The molecule has 0 saturated carbocycles. The van der Waals surface area contributed by atoms with Crippen LogP contribution < -0.4 is 9.47 Å². The minimum Gasteiger partial charge on any atom is -0.492 e. The predicted octanol–water partition coefficient (Wildman–Crippen LogP) is 5.84. The Morgan fingerprint density at radius 2 is 1.66 bits per heavy atom. The molecule has 41 heavy (non-hydrogen) atoms. The van der Waals surface area contributed by atoms with Crippen LogP contribution in [0.4, 0.5) is 10.5 Å². The number of hydrogen-bond acceptors (Lipinski definition) is 7. The molecule has 1 N–H and O–H groups in total. The van der Waals surface area contributed by atoms with E-state index in [1.807, 2.05) is 18.2 Å². The summed E-state index contributed by atoms with van der Waals surface area (Å²) in [4.78, 5) is 36.7. The normalized spacial score (nSPS) is 11.5. The summed E-state index contributed by atoms with van der Waals surface area (Å²) in [6, 6.07) is 21.5. The van der Waals surface area contributed by atoms with Gasteiger partial charge in [-0.05, 0) is 68.5 Å². The number of rotatable bonds is 16. The molecule has 10 nitrogen and oxygen atoms in total. The average Bonchev–Trinajstić information content (AvgIpc) is 2.96. The van der Waals surface area contributed by atoms with E-state index in [9.17, 15) is 24.8 Å². The quantitative estimate of drug-likeness (QED) is 0.131. The van der Waals surface area contributed by atoms with Gasteiger partial charge in [-0.25, -0.2) is 9.59 Å². The monoisotopic (exact) mass is 564 g/mol. The number of nitro benzene ring substituents is 1. The van der Waals surface area contributed by atoms with Crippen molar-refractivity contribution in [3.8, 4) is 11.5 Å². The van der Waals surface area contributed by atoms with Crippen LogP contribution in [0.3, 0.4) is 0 Å². The van der Waals surface area contributed by atoms with E-state index in [2.05, 4.69) is 12.1 Å². The lowest BCUT2D eigenvalue weighted by Crippen LogP contribution is -2.37. The maximum atomic E-state index is 13.1. The molecule has 1 unspecified atom stereocenters. The molecule has 0 bridgehead atoms. The van der Waals surface area contributed by atoms with Crippen LogP contribution in [0, 0.1) is 17.0 Å². The van der Waals surface area contributed by atoms with Gasteiger partial charge in [0.1, 0.15) is 18.1 Å². The first-order valence-corrected chi connectivity index (χ1v) is 13.6. The van der Waals surface area contributed by atoms with Gasteiger partial charge in [0.15, 0.2) is 6.10 Å². The van der Waals surface area contributed by atoms with Crippen LogP contribution in [-0.2, 0) is 22.4 Å². The number of carbonyl (C=O) groups excluding carboxylic acids is 1. The van der Waals surface area contributed by atoms with Crippen LogP contribution in [0.2, 0.25) is 0 Å². The Morgan fingerprint density at radius 1 is 0.951 bits per heavy atom. The number of nitro groups is 1. The number of nitrogens with zero attached hydrogens (tertiary/aromatic N) is 2. The van der Waals surface area contributed by atoms with E-state index in [4.69, 9.17) is 14.2 Å². The second-order valence-corrected chi connectivity index (χ2v) is 9.48. The summed E-state index contributed by atoms with van der Waals surface area (Å²) in [7, 11) is 0. The number of carboxylic acids is 1. The van der Waals surface area contributed by atoms with Crippen molar-refractivity contribution in [2.45, 2.75) is 45.6 Å². The maximum Gasteiger partial charge on any atom is 0.415 e. The van der Waals surface area contributed by atoms with Crippen molar-refractivity contribution < 1.29 is 33.8 Å². The number of carboxylic acid groups (broad SMARTS) is 1. The molecule has 0 saturated heterocycles. The van der Waals surface area contributed by atoms with Crippen molar-refractivity contribution in [1.82, 2.24) is 4.90 Å². The zero-order chi connectivity index (χ0) is 29.6. The molecule has 1 amide bonds. The number of ether oxygens (including phenoxy) is 3. The highest BCUT2D eigenvalue weighted by Crippen LogP contribution is 2.24. The summed E-state index contributed by atoms with van der Waals surface area (Å²) in [5, 5.41) is 20.6. The van der Waals surface area contributed by atoms with Crippen LogP contribution in [-0.4, -0.2) is 59.4 Å². The molecule has 1 atom stereocenters. The van der Waals surface area contributed by atoms with Gasteiger partial charge in [-0.3, -0.25) is 10.1 Å². The van der Waals surface area contributed by atoms with Gasteiger partial charge in [0.25, 0.3) is 5.69 Å². The lowest BCUT2D eigenvalue weighted by atomic mass is 10.1. The second-order valence-electron chi connectivity index (χ2n) is 9.48. The molecule has 3 rings (SSSR count). The lowest BCUT2D eigenvalue weighted by molar-refractivity contribution is -0.385. The molecular formula is C31H36N2O8. The molecule has 0 fully saturated rings. The zero-order valence-corrected chi connectivity index (χ0v) is 23.4. The first-order chi connectivity index (χ1) is 19.8. The smallest absolute Gasteiger partial charge is 0.415 e.